The average molecular weight is 271 g/mol. The van der Waals surface area contributed by atoms with E-state index in [-0.39, 0.29) is 4.75 Å². The number of rotatable bonds is 5. The lowest BCUT2D eigenvalue weighted by Gasteiger charge is -2.23. The minimum Gasteiger partial charge on any atom is -0.355 e. The molecule has 0 fully saturated rings. The van der Waals surface area contributed by atoms with Gasteiger partial charge in [0.1, 0.15) is 0 Å². The maximum Gasteiger partial charge on any atom is 0.223 e. The second-order valence-corrected chi connectivity index (χ2v) is 5.99. The Morgan fingerprint density at radius 2 is 2.17 bits per heavy atom. The maximum atomic E-state index is 4.90. The van der Waals surface area contributed by atoms with Gasteiger partial charge in [-0.2, -0.15) is 16.7 Å². The highest BCUT2D eigenvalue weighted by molar-refractivity contribution is 7.99. The molecule has 0 aliphatic heterocycles. The van der Waals surface area contributed by atoms with Gasteiger partial charge in [-0.05, 0) is 20.1 Å². The van der Waals surface area contributed by atoms with Crippen LogP contribution in [0.1, 0.15) is 25.6 Å². The quantitative estimate of drug-likeness (QED) is 0.619. The van der Waals surface area contributed by atoms with Crippen molar-refractivity contribution in [3.63, 3.8) is 0 Å². The average Bonchev–Trinajstić information content (AvgIpc) is 2.75. The number of nitrogens with zero attached hydrogens (tertiary/aromatic N) is 3. The molecule has 0 saturated carbocycles. The summed E-state index contributed by atoms with van der Waals surface area (Å²) in [7, 11) is 1.74. The van der Waals surface area contributed by atoms with Gasteiger partial charge >= 0.3 is 0 Å². The van der Waals surface area contributed by atoms with Gasteiger partial charge in [-0.25, -0.2) is 0 Å². The van der Waals surface area contributed by atoms with Gasteiger partial charge in [0.05, 0.1) is 6.54 Å². The van der Waals surface area contributed by atoms with Crippen molar-refractivity contribution in [2.45, 2.75) is 32.1 Å². The molecule has 0 saturated heterocycles. The molecule has 0 unspecified atom stereocenters. The summed E-state index contributed by atoms with van der Waals surface area (Å²) in [6.07, 6.45) is 2.10. The molecule has 1 heterocycles. The fraction of sp³-hybridized carbons (Fsp3) is 0.727. The van der Waals surface area contributed by atoms with Crippen LogP contribution in [0.25, 0.3) is 0 Å². The number of guanidine groups is 1. The predicted molar refractivity (Wildman–Crippen MR) is 74.8 cm³/mol. The summed E-state index contributed by atoms with van der Waals surface area (Å²) in [4.78, 5) is 8.26. The molecule has 1 aromatic rings. The van der Waals surface area contributed by atoms with Crippen LogP contribution in [0.15, 0.2) is 9.52 Å². The molecule has 0 amide bonds. The summed E-state index contributed by atoms with van der Waals surface area (Å²) in [6, 6.07) is 0. The maximum absolute atomic E-state index is 4.90. The van der Waals surface area contributed by atoms with Crippen molar-refractivity contribution in [1.29, 1.82) is 0 Å². The Labute approximate surface area is 112 Å². The highest BCUT2D eigenvalue weighted by Gasteiger charge is 2.16. The Morgan fingerprint density at radius 3 is 2.67 bits per heavy atom. The summed E-state index contributed by atoms with van der Waals surface area (Å²) < 4.78 is 5.06. The second kappa shape index (κ2) is 6.63. The normalized spacial score (nSPS) is 12.6. The standard InChI is InChI=1S/C11H21N5OS/c1-8-15-9(16-17-8)6-13-10(12-4)14-7-11(2,3)18-5/h6-7H2,1-5H3,(H2,12,13,14). The number of hydrogen-bond donors (Lipinski definition) is 2. The zero-order valence-electron chi connectivity index (χ0n) is 11.6. The van der Waals surface area contributed by atoms with E-state index < -0.39 is 0 Å². The first kappa shape index (κ1) is 14.8. The minimum atomic E-state index is 0.167. The smallest absolute Gasteiger partial charge is 0.223 e. The summed E-state index contributed by atoms with van der Waals surface area (Å²) in [5, 5.41) is 10.2. The van der Waals surface area contributed by atoms with Gasteiger partial charge in [-0.15, -0.1) is 0 Å². The first-order chi connectivity index (χ1) is 8.46. The molecule has 0 bridgehead atoms. The molecule has 0 aliphatic rings. The van der Waals surface area contributed by atoms with Crippen LogP contribution in [0.4, 0.5) is 0 Å². The van der Waals surface area contributed by atoms with Crippen LogP contribution in [0, 0.1) is 6.92 Å². The van der Waals surface area contributed by atoms with Crippen LogP contribution in [-0.4, -0.2) is 40.7 Å². The van der Waals surface area contributed by atoms with E-state index in [4.69, 9.17) is 4.52 Å². The largest absolute Gasteiger partial charge is 0.355 e. The van der Waals surface area contributed by atoms with Crippen molar-refractivity contribution in [1.82, 2.24) is 20.8 Å². The first-order valence-electron chi connectivity index (χ1n) is 5.75. The molecular weight excluding hydrogens is 250 g/mol. The molecule has 18 heavy (non-hydrogen) atoms. The van der Waals surface area contributed by atoms with Crippen LogP contribution >= 0.6 is 11.8 Å². The van der Waals surface area contributed by atoms with E-state index >= 15 is 0 Å². The number of nitrogens with one attached hydrogen (secondary N) is 2. The summed E-state index contributed by atoms with van der Waals surface area (Å²) in [5.41, 5.74) is 0. The van der Waals surface area contributed by atoms with Gasteiger partial charge in [0.2, 0.25) is 5.89 Å². The molecule has 0 radical (unpaired) electrons. The molecule has 1 aromatic heterocycles. The summed E-state index contributed by atoms with van der Waals surface area (Å²) in [6.45, 7) is 7.46. The number of aryl methyl sites for hydroxylation is 1. The second-order valence-electron chi connectivity index (χ2n) is 4.47. The fourth-order valence-corrected chi connectivity index (χ4v) is 1.38. The molecule has 1 rings (SSSR count). The van der Waals surface area contributed by atoms with Crippen molar-refractivity contribution >= 4 is 17.7 Å². The lowest BCUT2D eigenvalue weighted by Crippen LogP contribution is -2.43. The van der Waals surface area contributed by atoms with Crippen molar-refractivity contribution < 1.29 is 4.52 Å². The van der Waals surface area contributed by atoms with Crippen molar-refractivity contribution in [3.05, 3.63) is 11.7 Å². The van der Waals surface area contributed by atoms with Crippen LogP contribution in [-0.2, 0) is 6.54 Å². The summed E-state index contributed by atoms with van der Waals surface area (Å²) >= 11 is 1.81. The first-order valence-corrected chi connectivity index (χ1v) is 6.98. The topological polar surface area (TPSA) is 75.3 Å². The Balaban J connectivity index is 2.39. The Kier molecular flexibility index (Phi) is 5.46. The number of aliphatic imine (C=N–C) groups is 1. The third-order valence-corrected chi connectivity index (χ3v) is 3.69. The Bertz CT molecular complexity index is 402. The molecule has 7 heteroatoms. The van der Waals surface area contributed by atoms with E-state index in [1.54, 1.807) is 14.0 Å². The molecule has 0 atom stereocenters. The SMILES string of the molecule is CN=C(NCc1noc(C)n1)NCC(C)(C)SC. The molecular formula is C11H21N5OS. The molecule has 0 aliphatic carbocycles. The number of aromatic nitrogens is 2. The third-order valence-electron chi connectivity index (χ3n) is 2.44. The molecule has 102 valence electrons. The van der Waals surface area contributed by atoms with Crippen LogP contribution in [0.2, 0.25) is 0 Å². The van der Waals surface area contributed by atoms with E-state index in [9.17, 15) is 0 Å². The monoisotopic (exact) mass is 271 g/mol. The lowest BCUT2D eigenvalue weighted by molar-refractivity contribution is 0.386. The van der Waals surface area contributed by atoms with Crippen LogP contribution < -0.4 is 10.6 Å². The van der Waals surface area contributed by atoms with Gasteiger partial charge in [-0.1, -0.05) is 5.16 Å². The van der Waals surface area contributed by atoms with E-state index in [2.05, 4.69) is 45.9 Å². The molecule has 0 aromatic carbocycles. The van der Waals surface area contributed by atoms with Gasteiger partial charge in [0.25, 0.3) is 0 Å². The van der Waals surface area contributed by atoms with Crippen molar-refractivity contribution in [3.8, 4) is 0 Å². The van der Waals surface area contributed by atoms with E-state index in [1.165, 1.54) is 0 Å². The van der Waals surface area contributed by atoms with E-state index in [0.29, 0.717) is 18.3 Å². The molecule has 2 N–H and O–H groups in total. The van der Waals surface area contributed by atoms with Crippen LogP contribution in [0.5, 0.6) is 0 Å². The number of hydrogen-bond acceptors (Lipinski definition) is 5. The predicted octanol–water partition coefficient (Wildman–Crippen LogP) is 1.18. The fourth-order valence-electron chi connectivity index (χ4n) is 1.17. The highest BCUT2D eigenvalue weighted by Crippen LogP contribution is 2.19. The lowest BCUT2D eigenvalue weighted by atomic mass is 10.2. The Hall–Kier alpha value is -1.24. The van der Waals surface area contributed by atoms with Gasteiger partial charge in [0.15, 0.2) is 11.8 Å². The van der Waals surface area contributed by atoms with Crippen molar-refractivity contribution in [2.24, 2.45) is 4.99 Å². The van der Waals surface area contributed by atoms with Crippen molar-refractivity contribution in [2.75, 3.05) is 19.8 Å². The van der Waals surface area contributed by atoms with Gasteiger partial charge in [-0.3, -0.25) is 4.99 Å². The zero-order chi connectivity index (χ0) is 13.6. The van der Waals surface area contributed by atoms with Gasteiger partial charge in [0, 0.05) is 25.3 Å². The summed E-state index contributed by atoms with van der Waals surface area (Å²) in [5.74, 6) is 1.93. The van der Waals surface area contributed by atoms with Crippen LogP contribution in [0.3, 0.4) is 0 Å². The van der Waals surface area contributed by atoms with E-state index in [1.807, 2.05) is 11.8 Å². The molecule has 6 nitrogen and oxygen atoms in total. The minimum absolute atomic E-state index is 0.167. The van der Waals surface area contributed by atoms with E-state index in [0.717, 1.165) is 12.5 Å². The zero-order valence-corrected chi connectivity index (χ0v) is 12.4. The Morgan fingerprint density at radius 1 is 1.44 bits per heavy atom. The highest BCUT2D eigenvalue weighted by atomic mass is 32.2. The number of thioether (sulfide) groups is 1. The third kappa shape index (κ3) is 4.95. The molecule has 0 spiro atoms. The van der Waals surface area contributed by atoms with Gasteiger partial charge < -0.3 is 15.2 Å².